The topological polar surface area (TPSA) is 29.1 Å². The van der Waals surface area contributed by atoms with Crippen molar-refractivity contribution in [2.24, 2.45) is 10.8 Å². The first kappa shape index (κ1) is 20.5. The van der Waals surface area contributed by atoms with E-state index in [1.54, 1.807) is 0 Å². The van der Waals surface area contributed by atoms with Crippen molar-refractivity contribution in [3.05, 3.63) is 0 Å². The number of carbonyl (C=O) groups is 1. The smallest absolute Gasteiger partial charge is 0.225 e. The molecule has 1 N–H and O–H groups in total. The molecule has 0 aliphatic heterocycles. The van der Waals surface area contributed by atoms with Crippen LogP contribution in [0.3, 0.4) is 0 Å². The second kappa shape index (κ2) is 10.2. The normalized spacial score (nSPS) is 14.8. The summed E-state index contributed by atoms with van der Waals surface area (Å²) >= 11 is 0. The lowest BCUT2D eigenvalue weighted by atomic mass is 9.78. The van der Waals surface area contributed by atoms with Crippen molar-refractivity contribution in [3.63, 3.8) is 0 Å². The first-order chi connectivity index (χ1) is 9.75. The summed E-state index contributed by atoms with van der Waals surface area (Å²) in [5, 5.41) is 3.19. The van der Waals surface area contributed by atoms with Gasteiger partial charge >= 0.3 is 0 Å². The van der Waals surface area contributed by atoms with Crippen LogP contribution in [0.2, 0.25) is 0 Å². The molecule has 2 nitrogen and oxygen atoms in total. The van der Waals surface area contributed by atoms with Gasteiger partial charge in [0.25, 0.3) is 0 Å². The molecule has 21 heavy (non-hydrogen) atoms. The predicted octanol–water partition coefficient (Wildman–Crippen LogP) is 5.71. The largest absolute Gasteiger partial charge is 0.355 e. The summed E-state index contributed by atoms with van der Waals surface area (Å²) in [5.41, 5.74) is -0.0179. The van der Waals surface area contributed by atoms with Crippen LogP contribution in [0.4, 0.5) is 0 Å². The summed E-state index contributed by atoms with van der Waals surface area (Å²) in [7, 11) is 0. The van der Waals surface area contributed by atoms with E-state index in [1.165, 1.54) is 32.1 Å². The van der Waals surface area contributed by atoms with Crippen LogP contribution in [-0.4, -0.2) is 12.5 Å². The van der Waals surface area contributed by atoms with Crippen molar-refractivity contribution >= 4 is 5.91 Å². The highest BCUT2D eigenvalue weighted by Gasteiger charge is 2.32. The van der Waals surface area contributed by atoms with E-state index in [0.717, 1.165) is 32.2 Å². The van der Waals surface area contributed by atoms with Crippen LogP contribution < -0.4 is 5.32 Å². The van der Waals surface area contributed by atoms with E-state index >= 15 is 0 Å². The molecule has 0 heterocycles. The Balaban J connectivity index is 4.40. The highest BCUT2D eigenvalue weighted by atomic mass is 16.2. The molecule has 0 aromatic rings. The van der Waals surface area contributed by atoms with Crippen LogP contribution in [0.1, 0.15) is 99.3 Å². The maximum absolute atomic E-state index is 12.6. The SMILES string of the molecule is CCCCCCCC(C)(CCCC)C(=O)NCC(C)(C)C. The molecular weight excluding hydrogens is 258 g/mol. The lowest BCUT2D eigenvalue weighted by Gasteiger charge is -2.30. The molecule has 1 amide bonds. The monoisotopic (exact) mass is 297 g/mol. The molecule has 126 valence electrons. The van der Waals surface area contributed by atoms with Gasteiger partial charge in [-0.2, -0.15) is 0 Å². The Kier molecular flexibility index (Phi) is 9.98. The van der Waals surface area contributed by atoms with E-state index in [-0.39, 0.29) is 16.7 Å². The van der Waals surface area contributed by atoms with Gasteiger partial charge in [0.15, 0.2) is 0 Å². The molecule has 0 radical (unpaired) electrons. The molecule has 0 saturated carbocycles. The molecule has 0 aliphatic carbocycles. The van der Waals surface area contributed by atoms with E-state index in [9.17, 15) is 4.79 Å². The van der Waals surface area contributed by atoms with Crippen LogP contribution in [0.5, 0.6) is 0 Å². The Morgan fingerprint density at radius 2 is 1.33 bits per heavy atom. The summed E-state index contributed by atoms with van der Waals surface area (Å²) in [6, 6.07) is 0. The van der Waals surface area contributed by atoms with Gasteiger partial charge in [-0.25, -0.2) is 0 Å². The highest BCUT2D eigenvalue weighted by Crippen LogP contribution is 2.31. The first-order valence-electron chi connectivity index (χ1n) is 9.03. The number of rotatable bonds is 11. The molecular formula is C19H39NO. The average molecular weight is 298 g/mol. The number of unbranched alkanes of at least 4 members (excludes halogenated alkanes) is 5. The standard InChI is InChI=1S/C19H39NO/c1-7-9-11-12-13-15-19(6,14-10-8-2)17(21)20-16-18(3,4)5/h7-16H2,1-6H3,(H,20,21). The molecule has 0 rings (SSSR count). The summed E-state index contributed by atoms with van der Waals surface area (Å²) < 4.78 is 0. The van der Waals surface area contributed by atoms with Crippen molar-refractivity contribution < 1.29 is 4.79 Å². The van der Waals surface area contributed by atoms with Gasteiger partial charge in [-0.1, -0.05) is 86.5 Å². The van der Waals surface area contributed by atoms with Gasteiger partial charge in [-0.15, -0.1) is 0 Å². The lowest BCUT2D eigenvalue weighted by molar-refractivity contribution is -0.131. The number of hydrogen-bond donors (Lipinski definition) is 1. The minimum atomic E-state index is -0.173. The van der Waals surface area contributed by atoms with Crippen LogP contribution in [0.25, 0.3) is 0 Å². The Hall–Kier alpha value is -0.530. The molecule has 0 aliphatic rings. The second-order valence-electron chi connectivity index (χ2n) is 8.07. The van der Waals surface area contributed by atoms with E-state index in [4.69, 9.17) is 0 Å². The zero-order valence-corrected chi connectivity index (χ0v) is 15.5. The Labute approximate surface area is 133 Å². The minimum Gasteiger partial charge on any atom is -0.355 e. The van der Waals surface area contributed by atoms with Gasteiger partial charge in [0.05, 0.1) is 0 Å². The molecule has 0 saturated heterocycles. The maximum Gasteiger partial charge on any atom is 0.225 e. The van der Waals surface area contributed by atoms with Gasteiger partial charge in [0.2, 0.25) is 5.91 Å². The van der Waals surface area contributed by atoms with Crippen LogP contribution in [0, 0.1) is 10.8 Å². The Morgan fingerprint density at radius 3 is 1.86 bits per heavy atom. The Morgan fingerprint density at radius 1 is 0.810 bits per heavy atom. The fourth-order valence-electron chi connectivity index (χ4n) is 2.60. The fourth-order valence-corrected chi connectivity index (χ4v) is 2.60. The highest BCUT2D eigenvalue weighted by molar-refractivity contribution is 5.82. The van der Waals surface area contributed by atoms with Crippen LogP contribution in [0.15, 0.2) is 0 Å². The fraction of sp³-hybridized carbons (Fsp3) is 0.947. The average Bonchev–Trinajstić information content (AvgIpc) is 2.41. The van der Waals surface area contributed by atoms with E-state index in [1.807, 2.05) is 0 Å². The number of carbonyl (C=O) groups excluding carboxylic acids is 1. The zero-order chi connectivity index (χ0) is 16.4. The summed E-state index contributed by atoms with van der Waals surface area (Å²) in [4.78, 5) is 12.6. The van der Waals surface area contributed by atoms with Gasteiger partial charge in [-0.05, 0) is 18.3 Å². The number of hydrogen-bond acceptors (Lipinski definition) is 1. The van der Waals surface area contributed by atoms with Gasteiger partial charge < -0.3 is 5.32 Å². The van der Waals surface area contributed by atoms with Gasteiger partial charge in [-0.3, -0.25) is 4.79 Å². The predicted molar refractivity (Wildman–Crippen MR) is 93.5 cm³/mol. The van der Waals surface area contributed by atoms with Gasteiger partial charge in [0.1, 0.15) is 0 Å². The van der Waals surface area contributed by atoms with Gasteiger partial charge in [0, 0.05) is 12.0 Å². The molecule has 0 aromatic carbocycles. The van der Waals surface area contributed by atoms with Crippen LogP contribution in [-0.2, 0) is 4.79 Å². The number of nitrogens with one attached hydrogen (secondary N) is 1. The van der Waals surface area contributed by atoms with E-state index in [2.05, 4.69) is 46.9 Å². The quantitative estimate of drug-likeness (QED) is 0.486. The molecule has 0 spiro atoms. The van der Waals surface area contributed by atoms with Crippen molar-refractivity contribution in [2.75, 3.05) is 6.54 Å². The van der Waals surface area contributed by atoms with Crippen LogP contribution >= 0.6 is 0 Å². The lowest BCUT2D eigenvalue weighted by Crippen LogP contribution is -2.42. The zero-order valence-electron chi connectivity index (χ0n) is 15.5. The summed E-state index contributed by atoms with van der Waals surface area (Å²) in [5.74, 6) is 0.265. The maximum atomic E-state index is 12.6. The van der Waals surface area contributed by atoms with Crippen molar-refractivity contribution in [1.82, 2.24) is 5.32 Å². The third kappa shape index (κ3) is 9.92. The summed E-state index contributed by atoms with van der Waals surface area (Å²) in [6.07, 6.45) is 10.7. The van der Waals surface area contributed by atoms with E-state index < -0.39 is 0 Å². The first-order valence-corrected chi connectivity index (χ1v) is 9.03. The van der Waals surface area contributed by atoms with Crippen molar-refractivity contribution in [2.45, 2.75) is 99.3 Å². The summed E-state index contributed by atoms with van der Waals surface area (Å²) in [6.45, 7) is 13.9. The Bertz CT molecular complexity index is 280. The molecule has 0 fully saturated rings. The molecule has 1 unspecified atom stereocenters. The second-order valence-corrected chi connectivity index (χ2v) is 8.07. The third-order valence-corrected chi connectivity index (χ3v) is 4.24. The van der Waals surface area contributed by atoms with Crippen molar-refractivity contribution in [1.29, 1.82) is 0 Å². The van der Waals surface area contributed by atoms with Crippen molar-refractivity contribution in [3.8, 4) is 0 Å². The third-order valence-electron chi connectivity index (χ3n) is 4.24. The molecule has 1 atom stereocenters. The molecule has 0 aromatic heterocycles. The van der Waals surface area contributed by atoms with E-state index in [0.29, 0.717) is 0 Å². The molecule has 2 heteroatoms. The minimum absolute atomic E-state index is 0.155. The molecule has 0 bridgehead atoms. The number of amides is 1.